The van der Waals surface area contributed by atoms with Gasteiger partial charge in [0, 0.05) is 32.2 Å². The first-order valence-electron chi connectivity index (χ1n) is 7.57. The lowest BCUT2D eigenvalue weighted by Gasteiger charge is -2.36. The van der Waals surface area contributed by atoms with E-state index in [-0.39, 0.29) is 5.91 Å². The van der Waals surface area contributed by atoms with Crippen LogP contribution >= 0.6 is 11.6 Å². The summed E-state index contributed by atoms with van der Waals surface area (Å²) in [6, 6.07) is 9.54. The summed E-state index contributed by atoms with van der Waals surface area (Å²) in [6.45, 7) is 5.47. The van der Waals surface area contributed by atoms with Gasteiger partial charge in [0.25, 0.3) is 0 Å². The average Bonchev–Trinajstić information content (AvgIpc) is 2.93. The number of halogens is 1. The van der Waals surface area contributed by atoms with Gasteiger partial charge in [-0.15, -0.1) is 0 Å². The molecule has 1 aliphatic rings. The molecule has 0 atom stereocenters. The molecule has 3 rings (SSSR count). The molecule has 1 amide bonds. The molecular formula is C16H19ClN4O2. The minimum absolute atomic E-state index is 0.0904. The van der Waals surface area contributed by atoms with Crippen molar-refractivity contribution >= 4 is 29.1 Å². The van der Waals surface area contributed by atoms with Gasteiger partial charge in [0.05, 0.1) is 22.9 Å². The van der Waals surface area contributed by atoms with Crippen LogP contribution in [-0.2, 0) is 4.79 Å². The summed E-state index contributed by atoms with van der Waals surface area (Å²) in [5, 5.41) is 7.23. The number of benzene rings is 1. The van der Waals surface area contributed by atoms with Crippen molar-refractivity contribution in [1.82, 2.24) is 10.1 Å². The van der Waals surface area contributed by atoms with Crippen LogP contribution in [0, 0.1) is 6.92 Å². The van der Waals surface area contributed by atoms with Crippen molar-refractivity contribution in [3.05, 3.63) is 41.0 Å². The van der Waals surface area contributed by atoms with Gasteiger partial charge in [-0.1, -0.05) is 28.9 Å². The molecule has 1 aromatic carbocycles. The lowest BCUT2D eigenvalue weighted by atomic mass is 10.2. The summed E-state index contributed by atoms with van der Waals surface area (Å²) in [6.07, 6.45) is 0. The van der Waals surface area contributed by atoms with Crippen molar-refractivity contribution < 1.29 is 9.32 Å². The van der Waals surface area contributed by atoms with Crippen LogP contribution in [-0.4, -0.2) is 48.7 Å². The van der Waals surface area contributed by atoms with E-state index in [0.717, 1.165) is 42.6 Å². The smallest absolute Gasteiger partial charge is 0.240 e. The number of hydrogen-bond donors (Lipinski definition) is 1. The van der Waals surface area contributed by atoms with Crippen LogP contribution in [0.15, 0.2) is 34.9 Å². The second-order valence-electron chi connectivity index (χ2n) is 5.60. The molecular weight excluding hydrogens is 316 g/mol. The molecule has 2 aromatic rings. The number of aromatic nitrogens is 1. The average molecular weight is 335 g/mol. The van der Waals surface area contributed by atoms with Gasteiger partial charge < -0.3 is 9.42 Å². The topological polar surface area (TPSA) is 61.6 Å². The molecule has 0 unspecified atom stereocenters. The summed E-state index contributed by atoms with van der Waals surface area (Å²) < 4.78 is 4.99. The van der Waals surface area contributed by atoms with Crippen molar-refractivity contribution in [1.29, 1.82) is 0 Å². The van der Waals surface area contributed by atoms with Gasteiger partial charge in [-0.3, -0.25) is 15.0 Å². The SMILES string of the molecule is Cc1cc(NC(=O)CN2CCN(c3ccccc3Cl)CC2)on1. The Morgan fingerprint density at radius 1 is 1.30 bits per heavy atom. The summed E-state index contributed by atoms with van der Waals surface area (Å²) in [4.78, 5) is 16.4. The Bertz CT molecular complexity index is 680. The molecule has 23 heavy (non-hydrogen) atoms. The molecule has 122 valence electrons. The van der Waals surface area contributed by atoms with E-state index in [1.54, 1.807) is 6.07 Å². The zero-order valence-corrected chi connectivity index (χ0v) is 13.7. The fourth-order valence-electron chi connectivity index (χ4n) is 2.66. The van der Waals surface area contributed by atoms with Crippen LogP contribution in [0.2, 0.25) is 5.02 Å². The van der Waals surface area contributed by atoms with Crippen LogP contribution in [0.25, 0.3) is 0 Å². The van der Waals surface area contributed by atoms with Crippen LogP contribution in [0.5, 0.6) is 0 Å². The summed E-state index contributed by atoms with van der Waals surface area (Å²) in [7, 11) is 0. The van der Waals surface area contributed by atoms with Gasteiger partial charge in [0.2, 0.25) is 11.8 Å². The standard InChI is InChI=1S/C16H19ClN4O2/c1-12-10-16(23-19-12)18-15(22)11-20-6-8-21(9-7-20)14-5-3-2-4-13(14)17/h2-5,10H,6-9,11H2,1H3,(H,18,22). The number of para-hydroxylation sites is 1. The van der Waals surface area contributed by atoms with Crippen molar-refractivity contribution in [2.75, 3.05) is 42.9 Å². The highest BCUT2D eigenvalue weighted by molar-refractivity contribution is 6.33. The number of carbonyl (C=O) groups is 1. The van der Waals surface area contributed by atoms with Gasteiger partial charge in [0.15, 0.2) is 0 Å². The van der Waals surface area contributed by atoms with Gasteiger partial charge in [0.1, 0.15) is 0 Å². The molecule has 0 radical (unpaired) electrons. The van der Waals surface area contributed by atoms with Crippen molar-refractivity contribution in [2.24, 2.45) is 0 Å². The van der Waals surface area contributed by atoms with Gasteiger partial charge >= 0.3 is 0 Å². The maximum atomic E-state index is 12.0. The summed E-state index contributed by atoms with van der Waals surface area (Å²) in [5.41, 5.74) is 1.80. The first-order valence-corrected chi connectivity index (χ1v) is 7.94. The number of hydrogen-bond acceptors (Lipinski definition) is 5. The molecule has 1 saturated heterocycles. The normalized spacial score (nSPS) is 15.7. The minimum atomic E-state index is -0.0904. The van der Waals surface area contributed by atoms with Gasteiger partial charge in [-0.25, -0.2) is 0 Å². The number of rotatable bonds is 4. The second kappa shape index (κ2) is 7.02. The third kappa shape index (κ3) is 4.03. The van der Waals surface area contributed by atoms with Crippen LogP contribution in [0.1, 0.15) is 5.69 Å². The maximum Gasteiger partial charge on any atom is 0.240 e. The van der Waals surface area contributed by atoms with E-state index in [4.69, 9.17) is 16.1 Å². The van der Waals surface area contributed by atoms with Crippen molar-refractivity contribution in [2.45, 2.75) is 6.92 Å². The van der Waals surface area contributed by atoms with Crippen molar-refractivity contribution in [3.8, 4) is 0 Å². The van der Waals surface area contributed by atoms with E-state index in [1.165, 1.54) is 0 Å². The lowest BCUT2D eigenvalue weighted by Crippen LogP contribution is -2.48. The Kier molecular flexibility index (Phi) is 4.83. The summed E-state index contributed by atoms with van der Waals surface area (Å²) >= 11 is 6.23. The molecule has 0 bridgehead atoms. The van der Waals surface area contributed by atoms with Gasteiger partial charge in [-0.05, 0) is 19.1 Å². The molecule has 1 aromatic heterocycles. The maximum absolute atomic E-state index is 12.0. The molecule has 6 nitrogen and oxygen atoms in total. The Morgan fingerprint density at radius 3 is 2.70 bits per heavy atom. The van der Waals surface area contributed by atoms with E-state index in [2.05, 4.69) is 20.3 Å². The number of piperazine rings is 1. The molecule has 1 aliphatic heterocycles. The fraction of sp³-hybridized carbons (Fsp3) is 0.375. The van der Waals surface area contributed by atoms with Crippen LogP contribution in [0.4, 0.5) is 11.6 Å². The highest BCUT2D eigenvalue weighted by Gasteiger charge is 2.20. The zero-order chi connectivity index (χ0) is 16.2. The Morgan fingerprint density at radius 2 is 2.04 bits per heavy atom. The minimum Gasteiger partial charge on any atom is -0.368 e. The third-order valence-electron chi connectivity index (χ3n) is 3.82. The quantitative estimate of drug-likeness (QED) is 0.930. The predicted molar refractivity (Wildman–Crippen MR) is 90.0 cm³/mol. The molecule has 7 heteroatoms. The molecule has 0 aliphatic carbocycles. The monoisotopic (exact) mass is 334 g/mol. The van der Waals surface area contributed by atoms with Gasteiger partial charge in [-0.2, -0.15) is 0 Å². The van der Waals surface area contributed by atoms with E-state index >= 15 is 0 Å². The second-order valence-corrected chi connectivity index (χ2v) is 6.00. The van der Waals surface area contributed by atoms with Crippen molar-refractivity contribution in [3.63, 3.8) is 0 Å². The van der Waals surface area contributed by atoms with E-state index in [0.29, 0.717) is 12.4 Å². The zero-order valence-electron chi connectivity index (χ0n) is 13.0. The number of aryl methyl sites for hydroxylation is 1. The van der Waals surface area contributed by atoms with E-state index in [9.17, 15) is 4.79 Å². The Labute approximate surface area is 140 Å². The third-order valence-corrected chi connectivity index (χ3v) is 4.14. The fourth-order valence-corrected chi connectivity index (χ4v) is 2.91. The van der Waals surface area contributed by atoms with E-state index in [1.807, 2.05) is 31.2 Å². The molecule has 1 fully saturated rings. The van der Waals surface area contributed by atoms with Crippen LogP contribution < -0.4 is 10.2 Å². The lowest BCUT2D eigenvalue weighted by molar-refractivity contribution is -0.117. The van der Waals surface area contributed by atoms with E-state index < -0.39 is 0 Å². The Balaban J connectivity index is 1.49. The van der Waals surface area contributed by atoms with Crippen LogP contribution in [0.3, 0.4) is 0 Å². The summed E-state index contributed by atoms with van der Waals surface area (Å²) in [5.74, 6) is 0.301. The number of nitrogens with one attached hydrogen (secondary N) is 1. The number of amides is 1. The largest absolute Gasteiger partial charge is 0.368 e. The number of carbonyl (C=O) groups excluding carboxylic acids is 1. The predicted octanol–water partition coefficient (Wildman–Crippen LogP) is 2.40. The number of nitrogens with zero attached hydrogens (tertiary/aromatic N) is 3. The molecule has 0 spiro atoms. The first-order chi connectivity index (χ1) is 11.1. The highest BCUT2D eigenvalue weighted by Crippen LogP contribution is 2.25. The molecule has 0 saturated carbocycles. The Hall–Kier alpha value is -2.05. The molecule has 2 heterocycles. The molecule has 1 N–H and O–H groups in total. The first kappa shape index (κ1) is 15.8. The highest BCUT2D eigenvalue weighted by atomic mass is 35.5. The number of anilines is 2.